The minimum absolute atomic E-state index is 0.214. The van der Waals surface area contributed by atoms with Crippen molar-refractivity contribution < 1.29 is 14.4 Å². The summed E-state index contributed by atoms with van der Waals surface area (Å²) in [5.41, 5.74) is 7.45. The van der Waals surface area contributed by atoms with Gasteiger partial charge < -0.3 is 10.6 Å². The van der Waals surface area contributed by atoms with Gasteiger partial charge in [-0.05, 0) is 55.0 Å². The summed E-state index contributed by atoms with van der Waals surface area (Å²) in [6, 6.07) is 12.1. The van der Waals surface area contributed by atoms with Crippen molar-refractivity contribution in [2.75, 3.05) is 17.2 Å². The molecule has 0 bridgehead atoms. The van der Waals surface area contributed by atoms with Gasteiger partial charge in [0.2, 0.25) is 11.8 Å². The zero-order chi connectivity index (χ0) is 25.7. The largest absolute Gasteiger partial charge is 0.384 e. The van der Waals surface area contributed by atoms with E-state index >= 15 is 0 Å². The number of nitrogens with two attached hydrogens (primary N) is 1. The average molecular weight is 491 g/mol. The van der Waals surface area contributed by atoms with Crippen LogP contribution in [0.4, 0.5) is 11.5 Å². The smallest absolute Gasteiger partial charge is 0.251 e. The molecular formula is C29H38N4O3. The lowest BCUT2D eigenvalue weighted by Gasteiger charge is -2.47. The molecule has 2 aliphatic rings. The molecule has 2 aromatic rings. The number of carbonyl (C=O) groups is 3. The molecule has 0 unspecified atom stereocenters. The second-order valence-corrected chi connectivity index (χ2v) is 10.1. The molecule has 192 valence electrons. The number of pyridine rings is 1. The number of imide groups is 1. The van der Waals surface area contributed by atoms with Gasteiger partial charge in [0, 0.05) is 24.8 Å². The van der Waals surface area contributed by atoms with Crippen LogP contribution in [0.15, 0.2) is 48.7 Å². The minimum Gasteiger partial charge on any atom is -0.384 e. The van der Waals surface area contributed by atoms with Gasteiger partial charge in [0.05, 0.1) is 5.92 Å². The standard InChI is InChI=1S/C29H38N4O3/c1-3-21(22-11-7-5-8-12-22)19-26(34)33-27(29(36)32(4-2)23-13-9-6-10-14-23)24(28(33)35)17-20-15-16-31-25(30)18-20/h6,9-10,13-16,18,21-22,24,27H,3-5,7-8,11-12,17,19H2,1-2H3,(H2,30,31)/t21-,24+,27-/m0/s1. The number of benzene rings is 1. The number of rotatable bonds is 9. The van der Waals surface area contributed by atoms with E-state index in [4.69, 9.17) is 5.73 Å². The van der Waals surface area contributed by atoms with E-state index in [2.05, 4.69) is 11.9 Å². The van der Waals surface area contributed by atoms with Crippen molar-refractivity contribution in [3.8, 4) is 0 Å². The number of nitrogen functional groups attached to an aromatic ring is 1. The number of para-hydroxylation sites is 1. The van der Waals surface area contributed by atoms with Crippen LogP contribution in [0.1, 0.15) is 64.4 Å². The summed E-state index contributed by atoms with van der Waals surface area (Å²) in [6.45, 7) is 4.48. The van der Waals surface area contributed by atoms with Gasteiger partial charge in [-0.25, -0.2) is 4.98 Å². The molecule has 1 aromatic carbocycles. The molecule has 1 aromatic heterocycles. The summed E-state index contributed by atoms with van der Waals surface area (Å²) < 4.78 is 0. The second-order valence-electron chi connectivity index (χ2n) is 10.1. The number of β-lactam (4-membered cyclic amide) rings is 1. The van der Waals surface area contributed by atoms with Crippen LogP contribution in [0.25, 0.3) is 0 Å². The molecule has 1 aliphatic heterocycles. The molecule has 2 heterocycles. The number of nitrogens with zero attached hydrogens (tertiary/aromatic N) is 3. The van der Waals surface area contributed by atoms with Gasteiger partial charge in [0.1, 0.15) is 11.9 Å². The number of carbonyl (C=O) groups excluding carboxylic acids is 3. The van der Waals surface area contributed by atoms with Gasteiger partial charge in [-0.3, -0.25) is 19.3 Å². The van der Waals surface area contributed by atoms with E-state index in [1.807, 2.05) is 37.3 Å². The number of anilines is 2. The highest BCUT2D eigenvalue weighted by Crippen LogP contribution is 2.37. The number of aromatic nitrogens is 1. The summed E-state index contributed by atoms with van der Waals surface area (Å²) in [5, 5.41) is 0. The van der Waals surface area contributed by atoms with E-state index in [9.17, 15) is 14.4 Å². The van der Waals surface area contributed by atoms with Crippen molar-refractivity contribution in [3.05, 3.63) is 54.2 Å². The fraction of sp³-hybridized carbons (Fsp3) is 0.517. The van der Waals surface area contributed by atoms with Crippen LogP contribution in [-0.2, 0) is 20.8 Å². The average Bonchev–Trinajstić information content (AvgIpc) is 2.90. The lowest BCUT2D eigenvalue weighted by molar-refractivity contribution is -0.171. The quantitative estimate of drug-likeness (QED) is 0.518. The molecule has 2 fully saturated rings. The first-order valence-corrected chi connectivity index (χ1v) is 13.4. The number of likely N-dealkylation sites (N-methyl/N-ethyl adjacent to an activating group) is 1. The monoisotopic (exact) mass is 490 g/mol. The molecule has 7 heteroatoms. The zero-order valence-electron chi connectivity index (χ0n) is 21.4. The van der Waals surface area contributed by atoms with Crippen LogP contribution in [0.3, 0.4) is 0 Å². The lowest BCUT2D eigenvalue weighted by atomic mass is 9.76. The normalized spacial score (nSPS) is 21.1. The molecule has 7 nitrogen and oxygen atoms in total. The minimum atomic E-state index is -0.816. The van der Waals surface area contributed by atoms with Gasteiger partial charge in [-0.2, -0.15) is 0 Å². The van der Waals surface area contributed by atoms with Gasteiger partial charge in [0.15, 0.2) is 0 Å². The summed E-state index contributed by atoms with van der Waals surface area (Å²) in [4.78, 5) is 47.8. The molecule has 0 radical (unpaired) electrons. The van der Waals surface area contributed by atoms with Gasteiger partial charge >= 0.3 is 0 Å². The molecule has 3 amide bonds. The van der Waals surface area contributed by atoms with E-state index in [0.717, 1.165) is 30.5 Å². The van der Waals surface area contributed by atoms with Crippen LogP contribution in [0.5, 0.6) is 0 Å². The van der Waals surface area contributed by atoms with Crippen molar-refractivity contribution in [2.24, 2.45) is 17.8 Å². The molecular weight excluding hydrogens is 452 g/mol. The van der Waals surface area contributed by atoms with E-state index in [0.29, 0.717) is 31.1 Å². The van der Waals surface area contributed by atoms with Crippen LogP contribution in [0, 0.1) is 17.8 Å². The maximum absolute atomic E-state index is 13.9. The molecule has 2 N–H and O–H groups in total. The number of hydrogen-bond acceptors (Lipinski definition) is 5. The molecule has 1 saturated heterocycles. The first kappa shape index (κ1) is 25.9. The Kier molecular flexibility index (Phi) is 8.39. The SMILES string of the molecule is CC[C@@H](CC(=O)N1C(=O)[C@H](Cc2ccnc(N)c2)[C@H]1C(=O)N(CC)c1ccccc1)C1CCCCC1. The van der Waals surface area contributed by atoms with Crippen molar-refractivity contribution >= 4 is 29.2 Å². The predicted octanol–water partition coefficient (Wildman–Crippen LogP) is 4.61. The first-order chi connectivity index (χ1) is 17.4. The highest BCUT2D eigenvalue weighted by Gasteiger charge is 2.55. The Bertz CT molecular complexity index is 1070. The van der Waals surface area contributed by atoms with Crippen molar-refractivity contribution in [1.82, 2.24) is 9.88 Å². The third-order valence-electron chi connectivity index (χ3n) is 7.96. The van der Waals surface area contributed by atoms with E-state index < -0.39 is 12.0 Å². The predicted molar refractivity (Wildman–Crippen MR) is 141 cm³/mol. The van der Waals surface area contributed by atoms with Crippen molar-refractivity contribution in [3.63, 3.8) is 0 Å². The van der Waals surface area contributed by atoms with Gasteiger partial charge in [-0.15, -0.1) is 0 Å². The zero-order valence-corrected chi connectivity index (χ0v) is 21.4. The fourth-order valence-electron chi connectivity index (χ4n) is 5.99. The lowest BCUT2D eigenvalue weighted by Crippen LogP contribution is -2.69. The number of hydrogen-bond donors (Lipinski definition) is 1. The molecule has 1 aliphatic carbocycles. The topological polar surface area (TPSA) is 96.6 Å². The second kappa shape index (κ2) is 11.7. The van der Waals surface area contributed by atoms with Crippen LogP contribution in [-0.4, -0.2) is 40.2 Å². The summed E-state index contributed by atoms with van der Waals surface area (Å²) in [7, 11) is 0. The molecule has 0 spiro atoms. The Morgan fingerprint density at radius 2 is 1.83 bits per heavy atom. The summed E-state index contributed by atoms with van der Waals surface area (Å²) in [6.07, 6.45) is 9.14. The van der Waals surface area contributed by atoms with Gasteiger partial charge in [-0.1, -0.05) is 63.6 Å². The molecule has 36 heavy (non-hydrogen) atoms. The Morgan fingerprint density at radius 1 is 1.11 bits per heavy atom. The van der Waals surface area contributed by atoms with Crippen LogP contribution >= 0.6 is 0 Å². The molecule has 1 saturated carbocycles. The molecule has 3 atom stereocenters. The van der Waals surface area contributed by atoms with Crippen LogP contribution < -0.4 is 10.6 Å². The van der Waals surface area contributed by atoms with Crippen molar-refractivity contribution in [1.29, 1.82) is 0 Å². The Hall–Kier alpha value is -3.22. The third kappa shape index (κ3) is 5.45. The molecule has 4 rings (SSSR count). The Labute approximate surface area is 214 Å². The summed E-state index contributed by atoms with van der Waals surface area (Å²) in [5.74, 6) is -0.165. The highest BCUT2D eigenvalue weighted by atomic mass is 16.2. The highest BCUT2D eigenvalue weighted by molar-refractivity contribution is 6.13. The summed E-state index contributed by atoms with van der Waals surface area (Å²) >= 11 is 0. The van der Waals surface area contributed by atoms with Crippen molar-refractivity contribution in [2.45, 2.75) is 71.3 Å². The van der Waals surface area contributed by atoms with E-state index in [1.54, 1.807) is 23.2 Å². The number of amides is 3. The maximum atomic E-state index is 13.9. The Morgan fingerprint density at radius 3 is 2.47 bits per heavy atom. The van der Waals surface area contributed by atoms with E-state index in [-0.39, 0.29) is 23.6 Å². The van der Waals surface area contributed by atoms with Gasteiger partial charge in [0.25, 0.3) is 5.91 Å². The Balaban J connectivity index is 1.58. The van der Waals surface area contributed by atoms with E-state index in [1.165, 1.54) is 24.2 Å². The first-order valence-electron chi connectivity index (χ1n) is 13.4. The third-order valence-corrected chi connectivity index (χ3v) is 7.96. The maximum Gasteiger partial charge on any atom is 0.251 e. The number of likely N-dealkylation sites (tertiary alicyclic amines) is 1. The fourth-order valence-corrected chi connectivity index (χ4v) is 5.99. The van der Waals surface area contributed by atoms with Crippen LogP contribution in [0.2, 0.25) is 0 Å².